The van der Waals surface area contributed by atoms with Crippen molar-refractivity contribution in [1.82, 2.24) is 14.8 Å². The summed E-state index contributed by atoms with van der Waals surface area (Å²) < 4.78 is 2.04. The summed E-state index contributed by atoms with van der Waals surface area (Å²) in [6.45, 7) is 10.6. The maximum Gasteiger partial charge on any atom is 0.0883 e. The van der Waals surface area contributed by atoms with Crippen molar-refractivity contribution >= 4 is 0 Å². The molecule has 0 aliphatic rings. The van der Waals surface area contributed by atoms with Crippen molar-refractivity contribution in [2.75, 3.05) is 0 Å². The molecule has 3 heteroatoms. The molecule has 0 aliphatic heterocycles. The molecule has 3 nitrogen and oxygen atoms in total. The lowest BCUT2D eigenvalue weighted by Gasteiger charge is -2.34. The number of allylic oxidation sites excluding steroid dienone is 1. The van der Waals surface area contributed by atoms with Crippen molar-refractivity contribution in [1.29, 1.82) is 0 Å². The van der Waals surface area contributed by atoms with Gasteiger partial charge in [-0.05, 0) is 31.0 Å². The fraction of sp³-hybridized carbons (Fsp3) is 0.375. The fourth-order valence-electron chi connectivity index (χ4n) is 2.31. The first-order valence-electron chi connectivity index (χ1n) is 6.73. The third-order valence-electron chi connectivity index (χ3n) is 4.05. The van der Waals surface area contributed by atoms with Crippen LogP contribution >= 0.6 is 0 Å². The van der Waals surface area contributed by atoms with E-state index in [0.717, 1.165) is 17.8 Å². The van der Waals surface area contributed by atoms with Gasteiger partial charge < -0.3 is 0 Å². The van der Waals surface area contributed by atoms with Crippen LogP contribution in [0.3, 0.4) is 0 Å². The van der Waals surface area contributed by atoms with Gasteiger partial charge >= 0.3 is 0 Å². The monoisotopic (exact) mass is 255 g/mol. The third kappa shape index (κ3) is 2.33. The van der Waals surface area contributed by atoms with Crippen LogP contribution in [0.15, 0.2) is 49.3 Å². The minimum atomic E-state index is -0.203. The molecule has 100 valence electrons. The van der Waals surface area contributed by atoms with Gasteiger partial charge in [0.1, 0.15) is 0 Å². The Kier molecular flexibility index (Phi) is 3.84. The lowest BCUT2D eigenvalue weighted by molar-refractivity contribution is 0.246. The van der Waals surface area contributed by atoms with Crippen LogP contribution in [0.5, 0.6) is 0 Å². The van der Waals surface area contributed by atoms with Crippen LogP contribution in [-0.2, 0) is 5.54 Å². The van der Waals surface area contributed by atoms with E-state index in [-0.39, 0.29) is 5.54 Å². The fourth-order valence-corrected chi connectivity index (χ4v) is 2.31. The molecular formula is C16H21N3. The van der Waals surface area contributed by atoms with Gasteiger partial charge in [-0.2, -0.15) is 5.10 Å². The summed E-state index contributed by atoms with van der Waals surface area (Å²) in [6.07, 6.45) is 6.69. The van der Waals surface area contributed by atoms with Gasteiger partial charge in [0.15, 0.2) is 0 Å². The number of aromatic nitrogens is 3. The zero-order chi connectivity index (χ0) is 13.9. The maximum atomic E-state index is 4.51. The summed E-state index contributed by atoms with van der Waals surface area (Å²) in [5.74, 6) is 0.451. The zero-order valence-electron chi connectivity index (χ0n) is 11.9. The highest BCUT2D eigenvalue weighted by molar-refractivity contribution is 5.54. The second kappa shape index (κ2) is 5.39. The zero-order valence-corrected chi connectivity index (χ0v) is 11.9. The topological polar surface area (TPSA) is 30.7 Å². The minimum absolute atomic E-state index is 0.203. The number of pyridine rings is 1. The predicted molar refractivity (Wildman–Crippen MR) is 78.8 cm³/mol. The van der Waals surface area contributed by atoms with Gasteiger partial charge in [-0.25, -0.2) is 0 Å². The summed E-state index contributed by atoms with van der Waals surface area (Å²) in [6, 6.07) is 7.93. The Morgan fingerprint density at radius 3 is 2.74 bits per heavy atom. The summed E-state index contributed by atoms with van der Waals surface area (Å²) in [4.78, 5) is 4.42. The van der Waals surface area contributed by atoms with Gasteiger partial charge in [0.05, 0.1) is 16.9 Å². The molecule has 2 aromatic heterocycles. The molecule has 19 heavy (non-hydrogen) atoms. The smallest absolute Gasteiger partial charge is 0.0883 e. The average molecular weight is 255 g/mol. The van der Waals surface area contributed by atoms with E-state index in [1.54, 1.807) is 6.20 Å². The molecule has 0 aromatic carbocycles. The lowest BCUT2D eigenvalue weighted by Crippen LogP contribution is -2.36. The van der Waals surface area contributed by atoms with Crippen molar-refractivity contribution in [2.45, 2.75) is 32.7 Å². The molecule has 0 bridgehead atoms. The van der Waals surface area contributed by atoms with E-state index in [1.807, 2.05) is 41.2 Å². The molecule has 2 aromatic rings. The molecule has 0 N–H and O–H groups in total. The Labute approximate surface area is 115 Å². The van der Waals surface area contributed by atoms with Crippen LogP contribution < -0.4 is 0 Å². The largest absolute Gasteiger partial charge is 0.255 e. The predicted octanol–water partition coefficient (Wildman–Crippen LogP) is 3.89. The van der Waals surface area contributed by atoms with Crippen LogP contribution in [0.2, 0.25) is 0 Å². The van der Waals surface area contributed by atoms with Crippen molar-refractivity contribution < 1.29 is 0 Å². The highest BCUT2D eigenvalue weighted by atomic mass is 15.3. The van der Waals surface area contributed by atoms with E-state index in [0.29, 0.717) is 5.92 Å². The van der Waals surface area contributed by atoms with E-state index < -0.39 is 0 Å². The number of hydrogen-bond acceptors (Lipinski definition) is 2. The Bertz CT molecular complexity index is 544. The quantitative estimate of drug-likeness (QED) is 0.759. The molecular weight excluding hydrogens is 234 g/mol. The Morgan fingerprint density at radius 2 is 2.16 bits per heavy atom. The van der Waals surface area contributed by atoms with Crippen LogP contribution in [-0.4, -0.2) is 14.8 Å². The van der Waals surface area contributed by atoms with Crippen LogP contribution in [0.25, 0.3) is 11.4 Å². The first-order chi connectivity index (χ1) is 9.13. The average Bonchev–Trinajstić information content (AvgIpc) is 2.96. The van der Waals surface area contributed by atoms with Gasteiger partial charge in [-0.3, -0.25) is 9.67 Å². The molecule has 0 aliphatic carbocycles. The molecule has 0 radical (unpaired) electrons. The number of nitrogens with zero attached hydrogens (tertiary/aromatic N) is 3. The normalized spacial score (nSPS) is 15.7. The standard InChI is InChI=1S/C16H21N3/c1-5-13(3)16(4,6-2)19-15(10-12-18-19)14-9-7-8-11-17-14/h6-13H,2,5H2,1,3-4H3. The second-order valence-electron chi connectivity index (χ2n) is 5.08. The van der Waals surface area contributed by atoms with Gasteiger partial charge in [-0.15, -0.1) is 6.58 Å². The highest BCUT2D eigenvalue weighted by Gasteiger charge is 2.31. The third-order valence-corrected chi connectivity index (χ3v) is 4.05. The molecule has 2 heterocycles. The highest BCUT2D eigenvalue weighted by Crippen LogP contribution is 2.33. The molecule has 2 atom stereocenters. The van der Waals surface area contributed by atoms with Gasteiger partial charge in [-0.1, -0.05) is 32.4 Å². The van der Waals surface area contributed by atoms with Crippen LogP contribution in [0.4, 0.5) is 0 Å². The van der Waals surface area contributed by atoms with E-state index in [1.165, 1.54) is 0 Å². The summed E-state index contributed by atoms with van der Waals surface area (Å²) >= 11 is 0. The van der Waals surface area contributed by atoms with Crippen molar-refractivity contribution in [3.05, 3.63) is 49.3 Å². The molecule has 2 rings (SSSR count). The Hall–Kier alpha value is -1.90. The first kappa shape index (κ1) is 13.5. The van der Waals surface area contributed by atoms with Gasteiger partial charge in [0, 0.05) is 12.4 Å². The molecule has 0 saturated carbocycles. The van der Waals surface area contributed by atoms with Crippen LogP contribution in [0, 0.1) is 5.92 Å². The van der Waals surface area contributed by atoms with Gasteiger partial charge in [0.2, 0.25) is 0 Å². The summed E-state index contributed by atoms with van der Waals surface area (Å²) in [5.41, 5.74) is 1.77. The van der Waals surface area contributed by atoms with Crippen molar-refractivity contribution in [3.8, 4) is 11.4 Å². The Balaban J connectivity index is 2.53. The number of rotatable bonds is 5. The lowest BCUT2D eigenvalue weighted by atomic mass is 9.85. The van der Waals surface area contributed by atoms with Crippen LogP contribution in [0.1, 0.15) is 27.2 Å². The minimum Gasteiger partial charge on any atom is -0.255 e. The Morgan fingerprint density at radius 1 is 1.37 bits per heavy atom. The number of hydrogen-bond donors (Lipinski definition) is 0. The summed E-state index contributed by atoms with van der Waals surface area (Å²) in [5, 5.41) is 4.51. The molecule has 0 amide bonds. The second-order valence-corrected chi connectivity index (χ2v) is 5.08. The molecule has 0 saturated heterocycles. The van der Waals surface area contributed by atoms with E-state index in [4.69, 9.17) is 0 Å². The van der Waals surface area contributed by atoms with E-state index >= 15 is 0 Å². The molecule has 0 fully saturated rings. The molecule has 2 unspecified atom stereocenters. The van der Waals surface area contributed by atoms with Crippen molar-refractivity contribution in [3.63, 3.8) is 0 Å². The summed E-state index contributed by atoms with van der Waals surface area (Å²) in [7, 11) is 0. The first-order valence-corrected chi connectivity index (χ1v) is 6.73. The van der Waals surface area contributed by atoms with Gasteiger partial charge in [0.25, 0.3) is 0 Å². The van der Waals surface area contributed by atoms with E-state index in [9.17, 15) is 0 Å². The maximum absolute atomic E-state index is 4.51. The SMILES string of the molecule is C=CC(C)(C(C)CC)n1nccc1-c1ccccn1. The van der Waals surface area contributed by atoms with Crippen molar-refractivity contribution in [2.24, 2.45) is 5.92 Å². The molecule has 0 spiro atoms. The van der Waals surface area contributed by atoms with E-state index in [2.05, 4.69) is 37.4 Å².